The van der Waals surface area contributed by atoms with Crippen molar-refractivity contribution in [3.05, 3.63) is 182 Å². The Kier molecular flexibility index (Phi) is 7.41. The molecule has 0 unspecified atom stereocenters. The van der Waals surface area contributed by atoms with Gasteiger partial charge in [-0.05, 0) is 106 Å². The molecule has 12 heteroatoms. The van der Waals surface area contributed by atoms with Gasteiger partial charge in [0.2, 0.25) is 0 Å². The molecule has 0 spiro atoms. The van der Waals surface area contributed by atoms with Crippen LogP contribution in [0.2, 0.25) is 0 Å². The van der Waals surface area contributed by atoms with E-state index >= 15 is 0 Å². The van der Waals surface area contributed by atoms with Gasteiger partial charge in [0.15, 0.2) is 17.5 Å². The lowest BCUT2D eigenvalue weighted by molar-refractivity contribution is 0.464. The van der Waals surface area contributed by atoms with E-state index in [2.05, 4.69) is 72.8 Å². The van der Waals surface area contributed by atoms with Crippen molar-refractivity contribution in [2.45, 2.75) is 0 Å². The van der Waals surface area contributed by atoms with Crippen LogP contribution in [0.3, 0.4) is 0 Å². The minimum Gasteiger partial charge on any atom is -0.458 e. The van der Waals surface area contributed by atoms with Gasteiger partial charge in [0.05, 0.1) is 0 Å². The number of hydrogen-bond donors (Lipinski definition) is 0. The van der Waals surface area contributed by atoms with Gasteiger partial charge < -0.3 is 28.4 Å². The third-order valence-corrected chi connectivity index (χ3v) is 14.3. The minimum absolute atomic E-state index is 0.0674. The summed E-state index contributed by atoms with van der Waals surface area (Å²) in [7, 11) is 0. The smallest absolute Gasteiger partial charge is 0.260 e. The molecule has 0 fully saturated rings. The molecule has 0 atom stereocenters. The van der Waals surface area contributed by atoms with Crippen LogP contribution in [0.5, 0.6) is 69.0 Å². The van der Waals surface area contributed by atoms with Crippen molar-refractivity contribution in [2.24, 2.45) is 0 Å². The van der Waals surface area contributed by atoms with Crippen LogP contribution in [0, 0.1) is 0 Å². The molecule has 0 aliphatic carbocycles. The van der Waals surface area contributed by atoms with Gasteiger partial charge in [0, 0.05) is 33.1 Å². The van der Waals surface area contributed by atoms with Crippen molar-refractivity contribution in [1.82, 2.24) is 15.0 Å². The van der Waals surface area contributed by atoms with Crippen LogP contribution >= 0.6 is 0 Å². The minimum atomic E-state index is -0.0674. The summed E-state index contributed by atoms with van der Waals surface area (Å²) in [6, 6.07) is 61.4. The summed E-state index contributed by atoms with van der Waals surface area (Å²) in [4.78, 5) is 15.8. The zero-order valence-electron chi connectivity index (χ0n) is 36.3. The van der Waals surface area contributed by atoms with Crippen LogP contribution in [0.15, 0.2) is 182 Å². The number of hydrogen-bond acceptors (Lipinski definition) is 9. The Balaban J connectivity index is 0.857. The van der Waals surface area contributed by atoms with Crippen LogP contribution in [-0.2, 0) is 0 Å². The van der Waals surface area contributed by atoms with Crippen molar-refractivity contribution in [2.75, 3.05) is 0 Å². The predicted molar refractivity (Wildman–Crippen MR) is 269 cm³/mol. The monoisotopic (exact) mass is 885 g/mol. The number of para-hydroxylation sites is 3. The second kappa shape index (κ2) is 13.8. The van der Waals surface area contributed by atoms with E-state index in [1.807, 2.05) is 109 Å². The average Bonchev–Trinajstić information content (AvgIpc) is 3.40. The molecule has 0 amide bonds. The van der Waals surface area contributed by atoms with Gasteiger partial charge >= 0.3 is 0 Å². The van der Waals surface area contributed by atoms with E-state index in [4.69, 9.17) is 43.4 Å². The Labute approximate surface area is 396 Å². The Bertz CT molecular complexity index is 3530. The van der Waals surface area contributed by atoms with Crippen LogP contribution < -0.4 is 77.6 Å². The summed E-state index contributed by atoms with van der Waals surface area (Å²) in [5.41, 5.74) is 11.8. The summed E-state index contributed by atoms with van der Waals surface area (Å²) in [5, 5.41) is 0. The fourth-order valence-corrected chi connectivity index (χ4v) is 11.3. The normalized spacial score (nSPS) is 13.8. The van der Waals surface area contributed by atoms with Crippen molar-refractivity contribution in [1.29, 1.82) is 0 Å². The number of benzene rings is 9. The highest BCUT2D eigenvalue weighted by Crippen LogP contribution is 2.40. The van der Waals surface area contributed by atoms with E-state index in [-0.39, 0.29) is 20.1 Å². The van der Waals surface area contributed by atoms with Crippen molar-refractivity contribution in [3.8, 4) is 103 Å². The van der Waals surface area contributed by atoms with Gasteiger partial charge in [-0.2, -0.15) is 0 Å². The summed E-state index contributed by atoms with van der Waals surface area (Å²) in [6.45, 7) is -0.202. The molecule has 6 aliphatic heterocycles. The third kappa shape index (κ3) is 5.36. The first-order chi connectivity index (χ1) is 34.1. The Morgan fingerprint density at radius 2 is 0.478 bits per heavy atom. The molecule has 16 rings (SSSR count). The molecule has 6 aliphatic rings. The summed E-state index contributed by atoms with van der Waals surface area (Å²) < 4.78 is 39.3. The zero-order valence-corrected chi connectivity index (χ0v) is 36.3. The molecule has 9 aromatic carbocycles. The van der Waals surface area contributed by atoms with Crippen LogP contribution in [-0.4, -0.2) is 35.1 Å². The fraction of sp³-hybridized carbons (Fsp3) is 0. The molecule has 0 N–H and O–H groups in total. The summed E-state index contributed by atoms with van der Waals surface area (Å²) in [6.07, 6.45) is 0. The molecule has 7 heterocycles. The van der Waals surface area contributed by atoms with E-state index < -0.39 is 0 Å². The quantitative estimate of drug-likeness (QED) is 0.173. The van der Waals surface area contributed by atoms with E-state index in [0.717, 1.165) is 135 Å². The molecule has 0 saturated carbocycles. The Hall–Kier alpha value is -9.02. The Morgan fingerprint density at radius 1 is 0.232 bits per heavy atom. The van der Waals surface area contributed by atoms with Gasteiger partial charge in [0.1, 0.15) is 69.0 Å². The van der Waals surface area contributed by atoms with E-state index in [1.54, 1.807) is 0 Å². The highest BCUT2D eigenvalue weighted by molar-refractivity contribution is 6.99. The number of fused-ring (bicyclic) bond motifs is 12. The fourth-order valence-electron chi connectivity index (χ4n) is 11.3. The van der Waals surface area contributed by atoms with Crippen LogP contribution in [0.1, 0.15) is 0 Å². The first-order valence-corrected chi connectivity index (χ1v) is 23.1. The SMILES string of the molecule is c1ccc2c(c1)Oc1cccc3c1B2c1ccc(-c2nc(-c4ccc5c(c4)Oc4cccc6c4B5c4ccccc4O6)nc(-c4ccc5c(c4)Oc4cccc6c4B5c4ccccc4O6)n2)cc1O3. The molecule has 0 saturated heterocycles. The maximum atomic E-state index is 6.73. The van der Waals surface area contributed by atoms with Crippen molar-refractivity contribution < 1.29 is 28.4 Å². The first-order valence-electron chi connectivity index (χ1n) is 23.1. The lowest BCUT2D eigenvalue weighted by Crippen LogP contribution is -2.57. The topological polar surface area (TPSA) is 94.1 Å². The largest absolute Gasteiger partial charge is 0.458 e. The molecule has 318 valence electrons. The van der Waals surface area contributed by atoms with E-state index in [0.29, 0.717) is 17.5 Å². The first kappa shape index (κ1) is 37.1. The van der Waals surface area contributed by atoms with E-state index in [1.165, 1.54) is 0 Å². The number of nitrogens with zero attached hydrogens (tertiary/aromatic N) is 3. The van der Waals surface area contributed by atoms with Gasteiger partial charge in [-0.3, -0.25) is 0 Å². The van der Waals surface area contributed by atoms with Crippen molar-refractivity contribution >= 4 is 69.3 Å². The molecular weight excluding hydrogens is 855 g/mol. The molecule has 0 radical (unpaired) electrons. The molecule has 10 aromatic rings. The standard InChI is InChI=1S/C57H30B3N3O6/c1-4-13-40-34(10-1)58-37-25-22-31(28-49(37)67-46-19-7-16-43(64-40)52(46)58)55-61-56(32-23-26-38-50(29-32)68-47-20-8-17-44-53(47)59(38)35-11-2-5-14-41(35)65-44)63-57(62-55)33-24-27-39-51(30-33)69-48-21-9-18-45-54(48)60(39)36-12-3-6-15-42(36)66-45/h1-30H. The molecule has 1 aromatic heterocycles. The van der Waals surface area contributed by atoms with Gasteiger partial charge in [0.25, 0.3) is 20.1 Å². The second-order valence-electron chi connectivity index (χ2n) is 18.1. The molecule has 69 heavy (non-hydrogen) atoms. The maximum absolute atomic E-state index is 6.73. The van der Waals surface area contributed by atoms with Gasteiger partial charge in [-0.15, -0.1) is 0 Å². The highest BCUT2D eigenvalue weighted by atomic mass is 16.5. The lowest BCUT2D eigenvalue weighted by Gasteiger charge is -2.33. The molecule has 9 nitrogen and oxygen atoms in total. The summed E-state index contributed by atoms with van der Waals surface area (Å²) in [5.74, 6) is 10.9. The van der Waals surface area contributed by atoms with Crippen LogP contribution in [0.4, 0.5) is 0 Å². The number of aromatic nitrogens is 3. The van der Waals surface area contributed by atoms with Gasteiger partial charge in [-0.25, -0.2) is 15.0 Å². The maximum Gasteiger partial charge on any atom is 0.260 e. The Morgan fingerprint density at radius 3 is 0.783 bits per heavy atom. The summed E-state index contributed by atoms with van der Waals surface area (Å²) >= 11 is 0. The third-order valence-electron chi connectivity index (χ3n) is 14.3. The van der Waals surface area contributed by atoms with Crippen LogP contribution in [0.25, 0.3) is 34.2 Å². The zero-order chi connectivity index (χ0) is 44.9. The number of ether oxygens (including phenoxy) is 6. The lowest BCUT2D eigenvalue weighted by atomic mass is 9.35. The second-order valence-corrected chi connectivity index (χ2v) is 18.1. The molecular formula is C57H30B3N3O6. The number of rotatable bonds is 3. The van der Waals surface area contributed by atoms with Gasteiger partial charge in [-0.1, -0.05) is 109 Å². The predicted octanol–water partition coefficient (Wildman–Crippen LogP) is 7.06. The average molecular weight is 885 g/mol. The molecule has 0 bridgehead atoms. The van der Waals surface area contributed by atoms with Crippen molar-refractivity contribution in [3.63, 3.8) is 0 Å². The highest BCUT2D eigenvalue weighted by Gasteiger charge is 2.43. The van der Waals surface area contributed by atoms with E-state index in [9.17, 15) is 0 Å².